The van der Waals surface area contributed by atoms with Gasteiger partial charge in [0.2, 0.25) is 11.8 Å². The Balaban J connectivity index is 1.13. The van der Waals surface area contributed by atoms with Gasteiger partial charge in [-0.25, -0.2) is 23.5 Å². The van der Waals surface area contributed by atoms with Crippen molar-refractivity contribution in [2.45, 2.75) is 19.6 Å². The highest BCUT2D eigenvalue weighted by Gasteiger charge is 2.24. The standard InChI is InChI=1S/C25H25F2N9O4/c1-14(24(37)38)40-19-12-17(15(26)11-16(19)27)34-7-4-33(5-8-34)6-9-35-13-29-20-22(35)31-25(28)36-23(20)30-21(32-36)18-3-2-10-39-18/h2-3,10-14H,4-9H2,1H3,(H2,28,31)(H,37,38)/t14-/m0/s1. The third-order valence-corrected chi connectivity index (χ3v) is 6.83. The Morgan fingerprint density at radius 2 is 1.95 bits per heavy atom. The van der Waals surface area contributed by atoms with E-state index >= 15 is 0 Å². The average Bonchev–Trinajstić information content (AvgIpc) is 3.69. The fourth-order valence-electron chi connectivity index (χ4n) is 4.66. The van der Waals surface area contributed by atoms with Gasteiger partial charge in [-0.1, -0.05) is 0 Å². The second-order valence-corrected chi connectivity index (χ2v) is 9.39. The van der Waals surface area contributed by atoms with E-state index in [1.807, 2.05) is 4.57 Å². The number of benzene rings is 1. The van der Waals surface area contributed by atoms with E-state index in [2.05, 4.69) is 25.0 Å². The molecule has 0 unspecified atom stereocenters. The molecule has 3 N–H and O–H groups in total. The number of piperazine rings is 1. The summed E-state index contributed by atoms with van der Waals surface area (Å²) in [5, 5.41) is 13.4. The number of halogens is 2. The summed E-state index contributed by atoms with van der Waals surface area (Å²) in [7, 11) is 0. The van der Waals surface area contributed by atoms with Crippen LogP contribution in [0, 0.1) is 11.6 Å². The van der Waals surface area contributed by atoms with E-state index in [0.717, 1.165) is 6.07 Å². The Kier molecular flexibility index (Phi) is 6.42. The number of imidazole rings is 1. The van der Waals surface area contributed by atoms with E-state index in [1.165, 1.54) is 23.8 Å². The van der Waals surface area contributed by atoms with Gasteiger partial charge in [0.15, 0.2) is 40.2 Å². The minimum Gasteiger partial charge on any atom is -0.479 e. The van der Waals surface area contributed by atoms with Crippen LogP contribution >= 0.6 is 0 Å². The van der Waals surface area contributed by atoms with E-state index in [9.17, 15) is 13.6 Å². The molecule has 4 aromatic heterocycles. The molecule has 5 aromatic rings. The fraction of sp³-hybridized carbons (Fsp3) is 0.320. The van der Waals surface area contributed by atoms with E-state index in [0.29, 0.717) is 67.7 Å². The summed E-state index contributed by atoms with van der Waals surface area (Å²) in [5.74, 6) is -2.16. The molecular formula is C25H25F2N9O4. The molecule has 0 spiro atoms. The van der Waals surface area contributed by atoms with Crippen molar-refractivity contribution in [1.82, 2.24) is 34.0 Å². The molecule has 208 valence electrons. The number of ether oxygens (including phenoxy) is 1. The first kappa shape index (κ1) is 25.5. The number of aliphatic carboxylic acids is 1. The lowest BCUT2D eigenvalue weighted by Gasteiger charge is -2.36. The second-order valence-electron chi connectivity index (χ2n) is 9.39. The van der Waals surface area contributed by atoms with Gasteiger partial charge in [-0.05, 0) is 19.1 Å². The van der Waals surface area contributed by atoms with Crippen molar-refractivity contribution >= 4 is 34.4 Å². The maximum Gasteiger partial charge on any atom is 0.344 e. The van der Waals surface area contributed by atoms with Crippen LogP contribution in [0.25, 0.3) is 28.4 Å². The summed E-state index contributed by atoms with van der Waals surface area (Å²) in [4.78, 5) is 28.6. The zero-order valence-electron chi connectivity index (χ0n) is 21.4. The van der Waals surface area contributed by atoms with Crippen molar-refractivity contribution in [3.05, 3.63) is 48.5 Å². The third-order valence-electron chi connectivity index (χ3n) is 6.83. The van der Waals surface area contributed by atoms with E-state index in [-0.39, 0.29) is 17.4 Å². The normalized spacial score (nSPS) is 15.2. The lowest BCUT2D eigenvalue weighted by molar-refractivity contribution is -0.144. The van der Waals surface area contributed by atoms with Crippen molar-refractivity contribution in [3.8, 4) is 17.3 Å². The van der Waals surface area contributed by atoms with Crippen molar-refractivity contribution < 1.29 is 27.8 Å². The number of carboxylic acid groups (broad SMARTS) is 1. The zero-order valence-corrected chi connectivity index (χ0v) is 21.4. The van der Waals surface area contributed by atoms with Crippen molar-refractivity contribution in [2.24, 2.45) is 0 Å². The monoisotopic (exact) mass is 553 g/mol. The minimum absolute atomic E-state index is 0.167. The van der Waals surface area contributed by atoms with Crippen LogP contribution in [0.3, 0.4) is 0 Å². The zero-order chi connectivity index (χ0) is 28.0. The largest absolute Gasteiger partial charge is 0.479 e. The van der Waals surface area contributed by atoms with Gasteiger partial charge in [0, 0.05) is 51.4 Å². The highest BCUT2D eigenvalue weighted by molar-refractivity contribution is 5.87. The van der Waals surface area contributed by atoms with E-state index in [4.69, 9.17) is 20.0 Å². The molecule has 0 aliphatic carbocycles. The summed E-state index contributed by atoms with van der Waals surface area (Å²) in [5.41, 5.74) is 7.96. The number of hydrogen-bond donors (Lipinski definition) is 2. The Bertz CT molecular complexity index is 1690. The first-order chi connectivity index (χ1) is 19.3. The minimum atomic E-state index is -1.27. The quantitative estimate of drug-likeness (QED) is 0.291. The molecule has 5 heterocycles. The molecule has 1 aliphatic rings. The van der Waals surface area contributed by atoms with Gasteiger partial charge in [-0.15, -0.1) is 5.10 Å². The molecule has 1 aliphatic heterocycles. The van der Waals surface area contributed by atoms with Crippen molar-refractivity contribution in [1.29, 1.82) is 0 Å². The molecule has 13 nitrogen and oxygen atoms in total. The maximum absolute atomic E-state index is 14.6. The number of nitrogens with two attached hydrogens (primary N) is 1. The smallest absolute Gasteiger partial charge is 0.344 e. The molecule has 1 saturated heterocycles. The first-order valence-corrected chi connectivity index (χ1v) is 12.5. The van der Waals surface area contributed by atoms with Crippen molar-refractivity contribution in [3.63, 3.8) is 0 Å². The van der Waals surface area contributed by atoms with Crippen LogP contribution in [-0.4, -0.2) is 83.9 Å². The van der Waals surface area contributed by atoms with Gasteiger partial charge < -0.3 is 29.5 Å². The number of furan rings is 1. The van der Waals surface area contributed by atoms with Gasteiger partial charge in [0.25, 0.3) is 0 Å². The number of rotatable bonds is 8. The van der Waals surface area contributed by atoms with E-state index in [1.54, 1.807) is 23.4 Å². The number of aromatic nitrogens is 6. The molecule has 1 aromatic carbocycles. The van der Waals surface area contributed by atoms with Crippen LogP contribution in [0.2, 0.25) is 0 Å². The topological polar surface area (TPSA) is 153 Å². The molecule has 1 fully saturated rings. The fourth-order valence-corrected chi connectivity index (χ4v) is 4.66. The summed E-state index contributed by atoms with van der Waals surface area (Å²) in [6, 6.07) is 5.44. The molecular weight excluding hydrogens is 528 g/mol. The van der Waals surface area contributed by atoms with Crippen molar-refractivity contribution in [2.75, 3.05) is 43.4 Å². The number of nitrogens with zero attached hydrogens (tertiary/aromatic N) is 8. The van der Waals surface area contributed by atoms with Gasteiger partial charge >= 0.3 is 5.97 Å². The van der Waals surface area contributed by atoms with Crippen LogP contribution < -0.4 is 15.4 Å². The number of hydrogen-bond acceptors (Lipinski definition) is 10. The molecule has 6 rings (SSSR count). The van der Waals surface area contributed by atoms with Crippen LogP contribution in [0.4, 0.5) is 20.4 Å². The average molecular weight is 554 g/mol. The Morgan fingerprint density at radius 1 is 1.15 bits per heavy atom. The number of fused-ring (bicyclic) bond motifs is 3. The molecule has 0 amide bonds. The predicted octanol–water partition coefficient (Wildman–Crippen LogP) is 2.27. The van der Waals surface area contributed by atoms with Gasteiger partial charge in [0.1, 0.15) is 5.82 Å². The third kappa shape index (κ3) is 4.64. The van der Waals surface area contributed by atoms with Gasteiger partial charge in [0.05, 0.1) is 18.3 Å². The number of nitrogen functional groups attached to an aromatic ring is 1. The summed E-state index contributed by atoms with van der Waals surface area (Å²) >= 11 is 0. The van der Waals surface area contributed by atoms with Crippen LogP contribution in [0.5, 0.6) is 5.75 Å². The first-order valence-electron chi connectivity index (χ1n) is 12.5. The van der Waals surface area contributed by atoms with Crippen LogP contribution in [0.1, 0.15) is 6.92 Å². The van der Waals surface area contributed by atoms with Gasteiger partial charge in [-0.2, -0.15) is 9.50 Å². The molecule has 1 atom stereocenters. The molecule has 0 bridgehead atoms. The van der Waals surface area contributed by atoms with E-state index < -0.39 is 23.7 Å². The Hall–Kier alpha value is -4.79. The number of carbonyl (C=O) groups is 1. The highest BCUT2D eigenvalue weighted by atomic mass is 19.1. The molecule has 0 saturated carbocycles. The summed E-state index contributed by atoms with van der Waals surface area (Å²) in [6.45, 7) is 4.76. The predicted molar refractivity (Wildman–Crippen MR) is 139 cm³/mol. The Morgan fingerprint density at radius 3 is 2.67 bits per heavy atom. The Labute approximate surface area is 225 Å². The highest BCUT2D eigenvalue weighted by Crippen LogP contribution is 2.30. The summed E-state index contributed by atoms with van der Waals surface area (Å²) < 4.78 is 42.7. The number of anilines is 2. The van der Waals surface area contributed by atoms with Gasteiger partial charge in [-0.3, -0.25) is 4.90 Å². The maximum atomic E-state index is 14.6. The molecule has 0 radical (unpaired) electrons. The lowest BCUT2D eigenvalue weighted by Crippen LogP contribution is -2.47. The second kappa shape index (κ2) is 10.1. The lowest BCUT2D eigenvalue weighted by atomic mass is 10.2. The van der Waals surface area contributed by atoms with Crippen LogP contribution in [0.15, 0.2) is 41.3 Å². The number of carboxylic acids is 1. The molecule has 40 heavy (non-hydrogen) atoms. The van der Waals surface area contributed by atoms with Crippen LogP contribution in [-0.2, 0) is 11.3 Å². The summed E-state index contributed by atoms with van der Waals surface area (Å²) in [6.07, 6.45) is 1.95. The molecule has 15 heteroatoms. The SMILES string of the molecule is C[C@H](Oc1cc(N2CCN(CCn3cnc4c3nc(N)n3nc(-c5ccco5)nc43)CC2)c(F)cc1F)C(=O)O.